The molecule has 27 heavy (non-hydrogen) atoms. The second kappa shape index (κ2) is 7.24. The predicted molar refractivity (Wildman–Crippen MR) is 104 cm³/mol. The molecule has 0 radical (unpaired) electrons. The lowest BCUT2D eigenvalue weighted by Gasteiger charge is -2.33. The second-order valence-electron chi connectivity index (χ2n) is 7.40. The van der Waals surface area contributed by atoms with Crippen molar-refractivity contribution in [3.63, 3.8) is 0 Å². The van der Waals surface area contributed by atoms with E-state index in [9.17, 15) is 13.2 Å². The molecule has 8 heteroatoms. The number of carbonyl (C=O) groups is 1. The van der Waals surface area contributed by atoms with E-state index in [1.165, 1.54) is 4.31 Å². The lowest BCUT2D eigenvalue weighted by atomic mass is 9.96. The molecule has 2 saturated heterocycles. The van der Waals surface area contributed by atoms with E-state index in [4.69, 9.17) is 4.98 Å². The van der Waals surface area contributed by atoms with Crippen LogP contribution in [0.25, 0.3) is 11.0 Å². The second-order valence-corrected chi connectivity index (χ2v) is 9.66. The molecule has 4 rings (SSSR count). The lowest BCUT2D eigenvalue weighted by Crippen LogP contribution is -2.44. The zero-order valence-corrected chi connectivity index (χ0v) is 16.4. The van der Waals surface area contributed by atoms with Gasteiger partial charge in [-0.25, -0.2) is 17.7 Å². The van der Waals surface area contributed by atoms with Crippen molar-refractivity contribution in [1.29, 1.82) is 0 Å². The van der Waals surface area contributed by atoms with Crippen molar-refractivity contribution in [2.24, 2.45) is 5.92 Å². The molecule has 7 nitrogen and oxygen atoms in total. The number of fused-ring (bicyclic) bond motifs is 1. The molecule has 1 atom stereocenters. The van der Waals surface area contributed by atoms with Crippen molar-refractivity contribution in [2.45, 2.75) is 38.6 Å². The van der Waals surface area contributed by atoms with Gasteiger partial charge in [0.1, 0.15) is 5.82 Å². The number of imidazole rings is 1. The molecule has 1 N–H and O–H groups in total. The molecule has 146 valence electrons. The summed E-state index contributed by atoms with van der Waals surface area (Å²) in [7, 11) is -3.16. The summed E-state index contributed by atoms with van der Waals surface area (Å²) in [5, 5.41) is 0. The number of rotatable bonds is 4. The molecule has 2 aliphatic rings. The number of H-pyrrole nitrogens is 1. The van der Waals surface area contributed by atoms with Crippen molar-refractivity contribution < 1.29 is 13.2 Å². The fourth-order valence-electron chi connectivity index (χ4n) is 4.24. The summed E-state index contributed by atoms with van der Waals surface area (Å²) < 4.78 is 25.6. The number of hydrogen-bond donors (Lipinski definition) is 1. The van der Waals surface area contributed by atoms with Crippen LogP contribution in [0.2, 0.25) is 0 Å². The molecule has 1 aromatic heterocycles. The Morgan fingerprint density at radius 2 is 1.93 bits per heavy atom. The van der Waals surface area contributed by atoms with Gasteiger partial charge in [0.05, 0.1) is 22.8 Å². The number of aromatic amines is 1. The standard InChI is InChI=1S/C19H26N4O3S/c1-2-27(25,26)22-12-9-14(10-13-22)19(24)23-11-5-8-17(23)18-20-15-6-3-4-7-16(15)21-18/h3-4,6-7,14,17H,2,5,8-13H2,1H3,(H,20,21). The largest absolute Gasteiger partial charge is 0.340 e. The van der Waals surface area contributed by atoms with E-state index in [0.29, 0.717) is 25.9 Å². The molecule has 1 amide bonds. The van der Waals surface area contributed by atoms with Gasteiger partial charge in [0.25, 0.3) is 0 Å². The zero-order chi connectivity index (χ0) is 19.0. The van der Waals surface area contributed by atoms with E-state index in [1.807, 2.05) is 29.2 Å². The van der Waals surface area contributed by atoms with Crippen LogP contribution in [0.3, 0.4) is 0 Å². The SMILES string of the molecule is CCS(=O)(=O)N1CCC(C(=O)N2CCCC2c2nc3ccccc3[nH]2)CC1. The molecule has 0 bridgehead atoms. The predicted octanol–water partition coefficient (Wildman–Crippen LogP) is 2.29. The highest BCUT2D eigenvalue weighted by atomic mass is 32.2. The van der Waals surface area contributed by atoms with E-state index < -0.39 is 10.0 Å². The van der Waals surface area contributed by atoms with Gasteiger partial charge in [-0.05, 0) is 44.7 Å². The molecular formula is C19H26N4O3S. The summed E-state index contributed by atoms with van der Waals surface area (Å²) in [6.07, 6.45) is 3.08. The Kier molecular flexibility index (Phi) is 4.94. The van der Waals surface area contributed by atoms with Gasteiger partial charge in [0.2, 0.25) is 15.9 Å². The monoisotopic (exact) mass is 390 g/mol. The number of piperidine rings is 1. The smallest absolute Gasteiger partial charge is 0.226 e. The fourth-order valence-corrected chi connectivity index (χ4v) is 5.38. The van der Waals surface area contributed by atoms with Gasteiger partial charge < -0.3 is 9.88 Å². The summed E-state index contributed by atoms with van der Waals surface area (Å²) in [6.45, 7) is 3.29. The van der Waals surface area contributed by atoms with E-state index in [0.717, 1.165) is 36.2 Å². The van der Waals surface area contributed by atoms with Gasteiger partial charge >= 0.3 is 0 Å². The minimum absolute atomic E-state index is 0.0118. The van der Waals surface area contributed by atoms with Crippen molar-refractivity contribution in [3.05, 3.63) is 30.1 Å². The summed E-state index contributed by atoms with van der Waals surface area (Å²) in [4.78, 5) is 23.2. The first-order valence-corrected chi connectivity index (χ1v) is 11.3. The number of nitrogens with one attached hydrogen (secondary N) is 1. The number of para-hydroxylation sites is 2. The third-order valence-corrected chi connectivity index (χ3v) is 7.70. The van der Waals surface area contributed by atoms with Crippen LogP contribution in [0, 0.1) is 5.92 Å². The number of hydrogen-bond acceptors (Lipinski definition) is 4. The van der Waals surface area contributed by atoms with Gasteiger partial charge in [-0.2, -0.15) is 0 Å². The molecule has 2 fully saturated rings. The van der Waals surface area contributed by atoms with E-state index >= 15 is 0 Å². The summed E-state index contributed by atoms with van der Waals surface area (Å²) in [5.41, 5.74) is 1.91. The normalized spacial score (nSPS) is 22.6. The number of carbonyl (C=O) groups excluding carboxylic acids is 1. The van der Waals surface area contributed by atoms with Crippen LogP contribution < -0.4 is 0 Å². The lowest BCUT2D eigenvalue weighted by molar-refractivity contribution is -0.137. The van der Waals surface area contributed by atoms with Gasteiger partial charge in [-0.3, -0.25) is 4.79 Å². The van der Waals surface area contributed by atoms with Crippen molar-refractivity contribution in [2.75, 3.05) is 25.4 Å². The van der Waals surface area contributed by atoms with Gasteiger partial charge in [-0.1, -0.05) is 12.1 Å². The molecule has 3 heterocycles. The Hall–Kier alpha value is -1.93. The first kappa shape index (κ1) is 18.4. The van der Waals surface area contributed by atoms with Crippen LogP contribution in [-0.4, -0.2) is 58.9 Å². The van der Waals surface area contributed by atoms with Crippen LogP contribution in [-0.2, 0) is 14.8 Å². The Morgan fingerprint density at radius 3 is 2.63 bits per heavy atom. The first-order valence-electron chi connectivity index (χ1n) is 9.72. The quantitative estimate of drug-likeness (QED) is 0.868. The highest BCUT2D eigenvalue weighted by Crippen LogP contribution is 2.34. The average Bonchev–Trinajstić information content (AvgIpc) is 3.34. The van der Waals surface area contributed by atoms with Crippen LogP contribution in [0.4, 0.5) is 0 Å². The third kappa shape index (κ3) is 3.48. The van der Waals surface area contributed by atoms with Gasteiger partial charge in [0.15, 0.2) is 0 Å². The number of aromatic nitrogens is 2. The third-order valence-electron chi connectivity index (χ3n) is 5.82. The van der Waals surface area contributed by atoms with E-state index in [2.05, 4.69) is 4.98 Å². The van der Waals surface area contributed by atoms with Crippen LogP contribution in [0.15, 0.2) is 24.3 Å². The molecule has 1 aromatic carbocycles. The fraction of sp³-hybridized carbons (Fsp3) is 0.579. The van der Waals surface area contributed by atoms with Crippen molar-refractivity contribution in [3.8, 4) is 0 Å². The topological polar surface area (TPSA) is 86.4 Å². The number of likely N-dealkylation sites (tertiary alicyclic amines) is 1. The molecule has 1 unspecified atom stereocenters. The van der Waals surface area contributed by atoms with Gasteiger partial charge in [-0.15, -0.1) is 0 Å². The highest BCUT2D eigenvalue weighted by Gasteiger charge is 2.38. The van der Waals surface area contributed by atoms with Crippen molar-refractivity contribution >= 4 is 27.0 Å². The molecule has 0 aliphatic carbocycles. The minimum Gasteiger partial charge on any atom is -0.340 e. The molecule has 0 saturated carbocycles. The molecule has 2 aromatic rings. The summed E-state index contributed by atoms with van der Waals surface area (Å²) >= 11 is 0. The number of benzene rings is 1. The minimum atomic E-state index is -3.16. The van der Waals surface area contributed by atoms with E-state index in [-0.39, 0.29) is 23.6 Å². The number of sulfonamides is 1. The number of nitrogens with zero attached hydrogens (tertiary/aromatic N) is 3. The van der Waals surface area contributed by atoms with Crippen LogP contribution >= 0.6 is 0 Å². The maximum absolute atomic E-state index is 13.1. The zero-order valence-electron chi connectivity index (χ0n) is 15.6. The van der Waals surface area contributed by atoms with Crippen molar-refractivity contribution in [1.82, 2.24) is 19.2 Å². The van der Waals surface area contributed by atoms with Gasteiger partial charge in [0, 0.05) is 25.6 Å². The Balaban J connectivity index is 1.47. The summed E-state index contributed by atoms with van der Waals surface area (Å²) in [6, 6.07) is 7.89. The average molecular weight is 391 g/mol. The maximum Gasteiger partial charge on any atom is 0.226 e. The maximum atomic E-state index is 13.1. The highest BCUT2D eigenvalue weighted by molar-refractivity contribution is 7.89. The summed E-state index contributed by atoms with van der Waals surface area (Å²) in [5.74, 6) is 1.02. The van der Waals surface area contributed by atoms with Crippen LogP contribution in [0.5, 0.6) is 0 Å². The molecular weight excluding hydrogens is 364 g/mol. The molecule has 0 spiro atoms. The Morgan fingerprint density at radius 1 is 1.19 bits per heavy atom. The number of amides is 1. The molecule has 2 aliphatic heterocycles. The first-order chi connectivity index (χ1) is 13.0. The van der Waals surface area contributed by atoms with Crippen LogP contribution in [0.1, 0.15) is 44.5 Å². The Labute approximate surface area is 159 Å². The van der Waals surface area contributed by atoms with E-state index in [1.54, 1.807) is 6.92 Å². The Bertz CT molecular complexity index is 898.